The highest BCUT2D eigenvalue weighted by molar-refractivity contribution is 8.00. The third kappa shape index (κ3) is 2.55. The lowest BCUT2D eigenvalue weighted by atomic mass is 10.1. The van der Waals surface area contributed by atoms with Gasteiger partial charge in [0.25, 0.3) is 0 Å². The molecule has 6 heteroatoms. The van der Waals surface area contributed by atoms with Crippen LogP contribution in [0.2, 0.25) is 0 Å². The predicted octanol–water partition coefficient (Wildman–Crippen LogP) is 2.27. The maximum atomic E-state index is 12.8. The Morgan fingerprint density at radius 1 is 1.43 bits per heavy atom. The third-order valence-corrected chi connectivity index (χ3v) is 4.88. The molecule has 2 heterocycles. The van der Waals surface area contributed by atoms with Crippen molar-refractivity contribution in [2.75, 3.05) is 4.90 Å². The van der Waals surface area contributed by atoms with Gasteiger partial charge in [-0.05, 0) is 31.9 Å². The van der Waals surface area contributed by atoms with Gasteiger partial charge in [-0.15, -0.1) is 10.2 Å². The molecule has 0 radical (unpaired) electrons. The SMILES string of the molecule is C[C@H](Sc1nncn1C)C(=O)N1c2ccccc2C[C@@H]1C. The topological polar surface area (TPSA) is 51.0 Å². The molecular formula is C15H18N4OS. The second-order valence-electron chi connectivity index (χ2n) is 5.37. The van der Waals surface area contributed by atoms with E-state index >= 15 is 0 Å². The van der Waals surface area contributed by atoms with Crippen molar-refractivity contribution < 1.29 is 4.79 Å². The van der Waals surface area contributed by atoms with Gasteiger partial charge in [0.2, 0.25) is 5.91 Å². The first kappa shape index (κ1) is 14.1. The van der Waals surface area contributed by atoms with Gasteiger partial charge in [0.05, 0.1) is 5.25 Å². The van der Waals surface area contributed by atoms with Crippen LogP contribution in [0.25, 0.3) is 0 Å². The van der Waals surface area contributed by atoms with Crippen molar-refractivity contribution in [2.45, 2.75) is 36.7 Å². The van der Waals surface area contributed by atoms with Crippen molar-refractivity contribution in [3.05, 3.63) is 36.2 Å². The number of fused-ring (bicyclic) bond motifs is 1. The highest BCUT2D eigenvalue weighted by Crippen LogP contribution is 2.34. The van der Waals surface area contributed by atoms with Crippen LogP contribution in [0.1, 0.15) is 19.4 Å². The van der Waals surface area contributed by atoms with Gasteiger partial charge in [-0.1, -0.05) is 30.0 Å². The van der Waals surface area contributed by atoms with E-state index in [2.05, 4.69) is 23.2 Å². The van der Waals surface area contributed by atoms with E-state index in [1.54, 1.807) is 6.33 Å². The number of hydrogen-bond acceptors (Lipinski definition) is 4. The van der Waals surface area contributed by atoms with Crippen LogP contribution in [0.4, 0.5) is 5.69 Å². The summed E-state index contributed by atoms with van der Waals surface area (Å²) in [5.41, 5.74) is 2.29. The van der Waals surface area contributed by atoms with E-state index < -0.39 is 0 Å². The van der Waals surface area contributed by atoms with Crippen LogP contribution in [0, 0.1) is 0 Å². The normalized spacial score (nSPS) is 18.6. The quantitative estimate of drug-likeness (QED) is 0.816. The number of benzene rings is 1. The van der Waals surface area contributed by atoms with E-state index in [0.29, 0.717) is 0 Å². The Hall–Kier alpha value is -1.82. The first-order chi connectivity index (χ1) is 10.1. The lowest BCUT2D eigenvalue weighted by molar-refractivity contribution is -0.118. The van der Waals surface area contributed by atoms with Gasteiger partial charge < -0.3 is 9.47 Å². The van der Waals surface area contributed by atoms with Crippen LogP contribution in [-0.2, 0) is 18.3 Å². The van der Waals surface area contributed by atoms with Gasteiger partial charge in [-0.2, -0.15) is 0 Å². The molecule has 0 fully saturated rings. The third-order valence-electron chi connectivity index (χ3n) is 3.74. The average Bonchev–Trinajstić information content (AvgIpc) is 3.01. The molecular weight excluding hydrogens is 284 g/mol. The van der Waals surface area contributed by atoms with Crippen LogP contribution in [0.5, 0.6) is 0 Å². The predicted molar refractivity (Wildman–Crippen MR) is 83.4 cm³/mol. The van der Waals surface area contributed by atoms with E-state index in [4.69, 9.17) is 0 Å². The molecule has 1 aliphatic rings. The van der Waals surface area contributed by atoms with Crippen LogP contribution in [0.3, 0.4) is 0 Å². The zero-order valence-corrected chi connectivity index (χ0v) is 13.2. The molecule has 0 bridgehead atoms. The van der Waals surface area contributed by atoms with Gasteiger partial charge in [-0.3, -0.25) is 4.79 Å². The molecule has 0 saturated carbocycles. The van der Waals surface area contributed by atoms with Crippen molar-refractivity contribution in [3.63, 3.8) is 0 Å². The number of hydrogen-bond donors (Lipinski definition) is 0. The Morgan fingerprint density at radius 3 is 2.90 bits per heavy atom. The van der Waals surface area contributed by atoms with E-state index in [0.717, 1.165) is 17.3 Å². The van der Waals surface area contributed by atoms with Crippen molar-refractivity contribution >= 4 is 23.4 Å². The molecule has 0 N–H and O–H groups in total. The molecule has 21 heavy (non-hydrogen) atoms. The number of amides is 1. The van der Waals surface area contributed by atoms with E-state index in [1.165, 1.54) is 17.3 Å². The molecule has 1 aromatic heterocycles. The number of thioether (sulfide) groups is 1. The number of anilines is 1. The molecule has 0 spiro atoms. The minimum atomic E-state index is -0.193. The summed E-state index contributed by atoms with van der Waals surface area (Å²) in [6.07, 6.45) is 2.57. The van der Waals surface area contributed by atoms with Gasteiger partial charge in [-0.25, -0.2) is 0 Å². The molecule has 1 aliphatic heterocycles. The number of para-hydroxylation sites is 1. The smallest absolute Gasteiger partial charge is 0.240 e. The molecule has 0 saturated heterocycles. The number of aromatic nitrogens is 3. The second-order valence-corrected chi connectivity index (χ2v) is 6.68. The number of carbonyl (C=O) groups excluding carboxylic acids is 1. The molecule has 3 rings (SSSR count). The van der Waals surface area contributed by atoms with Crippen LogP contribution in [-0.4, -0.2) is 32.0 Å². The van der Waals surface area contributed by atoms with E-state index in [9.17, 15) is 4.79 Å². The fraction of sp³-hybridized carbons (Fsp3) is 0.400. The lowest BCUT2D eigenvalue weighted by Gasteiger charge is -2.25. The first-order valence-corrected chi connectivity index (χ1v) is 7.87. The Bertz CT molecular complexity index is 669. The summed E-state index contributed by atoms with van der Waals surface area (Å²) in [5, 5.41) is 8.45. The molecule has 110 valence electrons. The minimum absolute atomic E-state index is 0.125. The van der Waals surface area contributed by atoms with Gasteiger partial charge in [0, 0.05) is 18.8 Å². The zero-order chi connectivity index (χ0) is 15.0. The minimum Gasteiger partial charge on any atom is -0.312 e. The molecule has 0 unspecified atom stereocenters. The Morgan fingerprint density at radius 2 is 2.19 bits per heavy atom. The molecule has 2 atom stereocenters. The molecule has 0 aliphatic carbocycles. The maximum Gasteiger partial charge on any atom is 0.240 e. The Balaban J connectivity index is 1.80. The second kappa shape index (κ2) is 5.52. The largest absolute Gasteiger partial charge is 0.312 e. The van der Waals surface area contributed by atoms with Gasteiger partial charge in [0.15, 0.2) is 5.16 Å². The van der Waals surface area contributed by atoms with Crippen LogP contribution < -0.4 is 4.90 Å². The van der Waals surface area contributed by atoms with Crippen LogP contribution in [0.15, 0.2) is 35.7 Å². The fourth-order valence-electron chi connectivity index (χ4n) is 2.69. The number of rotatable bonds is 3. The Labute approximate surface area is 128 Å². The summed E-state index contributed by atoms with van der Waals surface area (Å²) < 4.78 is 1.83. The zero-order valence-electron chi connectivity index (χ0n) is 12.4. The lowest BCUT2D eigenvalue weighted by Crippen LogP contribution is -2.40. The van der Waals surface area contributed by atoms with Crippen LogP contribution >= 0.6 is 11.8 Å². The number of nitrogens with zero attached hydrogens (tertiary/aromatic N) is 4. The molecule has 1 aromatic carbocycles. The van der Waals surface area contributed by atoms with Crippen molar-refractivity contribution in [2.24, 2.45) is 7.05 Å². The highest BCUT2D eigenvalue weighted by atomic mass is 32.2. The fourth-order valence-corrected chi connectivity index (χ4v) is 3.52. The molecule has 5 nitrogen and oxygen atoms in total. The summed E-state index contributed by atoms with van der Waals surface area (Å²) in [4.78, 5) is 14.7. The monoisotopic (exact) mass is 302 g/mol. The summed E-state index contributed by atoms with van der Waals surface area (Å²) in [6, 6.07) is 8.34. The summed E-state index contributed by atoms with van der Waals surface area (Å²) in [5.74, 6) is 0.125. The van der Waals surface area contributed by atoms with E-state index in [1.807, 2.05) is 41.6 Å². The van der Waals surface area contributed by atoms with Crippen molar-refractivity contribution in [1.29, 1.82) is 0 Å². The standard InChI is InChI=1S/C15H18N4OS/c1-10-8-12-6-4-5-7-13(12)19(10)14(20)11(2)21-15-17-16-9-18(15)3/h4-7,9-11H,8H2,1-3H3/t10-,11-/m0/s1. The van der Waals surface area contributed by atoms with Crippen molar-refractivity contribution in [3.8, 4) is 0 Å². The van der Waals surface area contributed by atoms with Crippen molar-refractivity contribution in [1.82, 2.24) is 14.8 Å². The summed E-state index contributed by atoms with van der Waals surface area (Å²) in [7, 11) is 1.88. The summed E-state index contributed by atoms with van der Waals surface area (Å²) in [6.45, 7) is 4.02. The van der Waals surface area contributed by atoms with Gasteiger partial charge in [0.1, 0.15) is 6.33 Å². The highest BCUT2D eigenvalue weighted by Gasteiger charge is 2.33. The summed E-state index contributed by atoms with van der Waals surface area (Å²) >= 11 is 1.45. The average molecular weight is 302 g/mol. The first-order valence-electron chi connectivity index (χ1n) is 6.99. The van der Waals surface area contributed by atoms with E-state index in [-0.39, 0.29) is 17.2 Å². The number of carbonyl (C=O) groups is 1. The molecule has 1 amide bonds. The Kier molecular flexibility index (Phi) is 3.71. The van der Waals surface area contributed by atoms with Gasteiger partial charge >= 0.3 is 0 Å². The molecule has 2 aromatic rings. The number of aryl methyl sites for hydroxylation is 1. The maximum absolute atomic E-state index is 12.8.